The van der Waals surface area contributed by atoms with Crippen LogP contribution in [0.3, 0.4) is 0 Å². The Balaban J connectivity index is 1.66. The molecule has 0 unspecified atom stereocenters. The van der Waals surface area contributed by atoms with Gasteiger partial charge in [-0.2, -0.15) is 0 Å². The lowest BCUT2D eigenvalue weighted by atomic mass is 9.97. The average Bonchev–Trinajstić information content (AvgIpc) is 3.04. The largest absolute Gasteiger partial charge is 0.426 e. The van der Waals surface area contributed by atoms with Crippen LogP contribution in [0.1, 0.15) is 34.6 Å². The summed E-state index contributed by atoms with van der Waals surface area (Å²) >= 11 is 0. The molecule has 0 saturated heterocycles. The van der Waals surface area contributed by atoms with Crippen LogP contribution >= 0.6 is 0 Å². The molecule has 0 aliphatic carbocycles. The minimum atomic E-state index is -0.660. The Morgan fingerprint density at radius 1 is 0.510 bits per heavy atom. The third kappa shape index (κ3) is 9.26. The van der Waals surface area contributed by atoms with Crippen molar-refractivity contribution < 1.29 is 42.5 Å². The fraction of sp³-hybridized carbons (Fsp3) is 0.150. The lowest BCUT2D eigenvalue weighted by Gasteiger charge is -2.13. The molecule has 0 heterocycles. The van der Waals surface area contributed by atoms with Gasteiger partial charge in [0, 0.05) is 34.4 Å². The van der Waals surface area contributed by atoms with Crippen LogP contribution in [-0.2, 0) is 19.2 Å². The van der Waals surface area contributed by atoms with Gasteiger partial charge < -0.3 is 18.9 Å². The zero-order chi connectivity index (χ0) is 36.0. The van der Waals surface area contributed by atoms with Crippen LogP contribution in [0, 0.1) is 11.7 Å². The molecule has 0 radical (unpaired) electrons. The Hall–Kier alpha value is -6.09. The predicted molar refractivity (Wildman–Crippen MR) is 185 cm³/mol. The van der Waals surface area contributed by atoms with E-state index in [9.17, 15) is 19.2 Å². The number of benzene rings is 4. The summed E-state index contributed by atoms with van der Waals surface area (Å²) in [6.07, 6.45) is 0. The summed E-state index contributed by atoms with van der Waals surface area (Å²) in [7, 11) is 0. The molecule has 0 aliphatic heterocycles. The minimum absolute atomic E-state index is 0.105. The number of halogens is 1. The van der Waals surface area contributed by atoms with Crippen LogP contribution in [0.25, 0.3) is 33.4 Å². The van der Waals surface area contributed by atoms with E-state index in [1.807, 2.05) is 0 Å². The molecule has 0 fully saturated rings. The van der Waals surface area contributed by atoms with Gasteiger partial charge in [0.2, 0.25) is 0 Å². The molecule has 4 aromatic rings. The highest BCUT2D eigenvalue weighted by Gasteiger charge is 2.17. The van der Waals surface area contributed by atoms with E-state index in [4.69, 9.17) is 18.9 Å². The molecular weight excluding hydrogens is 627 g/mol. The van der Waals surface area contributed by atoms with E-state index < -0.39 is 35.6 Å². The molecule has 0 spiro atoms. The molecule has 49 heavy (non-hydrogen) atoms. The van der Waals surface area contributed by atoms with Crippen LogP contribution in [0.2, 0.25) is 0 Å². The second-order valence-electron chi connectivity index (χ2n) is 11.7. The van der Waals surface area contributed by atoms with Gasteiger partial charge in [-0.05, 0) is 78.9 Å². The lowest BCUT2D eigenvalue weighted by Crippen LogP contribution is -2.15. The SMILES string of the molecule is C=C(C)C(=O)Oc1cc(OC(=O)C(=C)C)cc(-c2ccc(-c3ccc(-c4cc(OC(=O)C(=C)C)cc(OC(=O)C(C)C)c4)cc3F)cc2)c1. The monoisotopic (exact) mass is 662 g/mol. The van der Waals surface area contributed by atoms with Crippen molar-refractivity contribution in [3.05, 3.63) is 121 Å². The molecular formula is C40H35FO8. The second kappa shape index (κ2) is 15.2. The lowest BCUT2D eigenvalue weighted by molar-refractivity contribution is -0.137. The van der Waals surface area contributed by atoms with E-state index in [0.717, 1.165) is 0 Å². The second-order valence-corrected chi connectivity index (χ2v) is 11.7. The molecule has 4 aromatic carbocycles. The Kier molecular flexibility index (Phi) is 11.1. The van der Waals surface area contributed by atoms with Gasteiger partial charge >= 0.3 is 23.9 Å². The number of ether oxygens (including phenoxy) is 4. The van der Waals surface area contributed by atoms with Crippen molar-refractivity contribution in [2.75, 3.05) is 0 Å². The summed E-state index contributed by atoms with van der Waals surface area (Å²) in [6.45, 7) is 18.7. The number of rotatable bonds is 11. The smallest absolute Gasteiger partial charge is 0.338 e. The standard InChI is InChI=1S/C40H35FO8/c1-22(2)37(42)46-31-15-29(16-32(20-31)47-38(43)23(3)4)26-9-11-27(12-10-26)35-14-13-28(19-36(35)41)30-17-33(48-39(44)24(5)6)21-34(18-30)49-40(45)25(7)8/h9-21,25H,1,3,5H2,2,4,6-8H3. The predicted octanol–water partition coefficient (Wildman–Crippen LogP) is 8.83. The molecule has 0 amide bonds. The summed E-state index contributed by atoms with van der Waals surface area (Å²) in [6, 6.07) is 20.7. The number of esters is 4. The van der Waals surface area contributed by atoms with Crippen molar-refractivity contribution in [2.45, 2.75) is 34.6 Å². The first-order chi connectivity index (χ1) is 23.1. The van der Waals surface area contributed by atoms with E-state index in [0.29, 0.717) is 33.4 Å². The fourth-order valence-electron chi connectivity index (χ4n) is 4.30. The molecule has 0 atom stereocenters. The van der Waals surface area contributed by atoms with Crippen LogP contribution in [0.4, 0.5) is 4.39 Å². The maximum atomic E-state index is 15.7. The van der Waals surface area contributed by atoms with Gasteiger partial charge in [0.25, 0.3) is 0 Å². The Bertz CT molecular complexity index is 1960. The topological polar surface area (TPSA) is 105 Å². The third-order valence-corrected chi connectivity index (χ3v) is 6.96. The van der Waals surface area contributed by atoms with Gasteiger partial charge in [-0.25, -0.2) is 18.8 Å². The van der Waals surface area contributed by atoms with Crippen molar-refractivity contribution >= 4 is 23.9 Å². The summed E-state index contributed by atoms with van der Waals surface area (Å²) in [5, 5.41) is 0. The van der Waals surface area contributed by atoms with Gasteiger partial charge in [-0.3, -0.25) is 4.79 Å². The highest BCUT2D eigenvalue weighted by atomic mass is 19.1. The summed E-state index contributed by atoms with van der Waals surface area (Å²) in [4.78, 5) is 48.9. The van der Waals surface area contributed by atoms with E-state index in [-0.39, 0.29) is 39.7 Å². The van der Waals surface area contributed by atoms with Crippen LogP contribution in [-0.4, -0.2) is 23.9 Å². The number of carbonyl (C=O) groups excluding carboxylic acids is 4. The van der Waals surface area contributed by atoms with Crippen molar-refractivity contribution in [2.24, 2.45) is 5.92 Å². The van der Waals surface area contributed by atoms with E-state index in [1.165, 1.54) is 39.0 Å². The van der Waals surface area contributed by atoms with Crippen molar-refractivity contribution in [1.82, 2.24) is 0 Å². The van der Waals surface area contributed by atoms with Gasteiger partial charge in [-0.15, -0.1) is 0 Å². The Morgan fingerprint density at radius 2 is 0.878 bits per heavy atom. The molecule has 250 valence electrons. The first-order valence-electron chi connectivity index (χ1n) is 15.2. The molecule has 0 saturated carbocycles. The molecule has 8 nitrogen and oxygen atoms in total. The Labute approximate surface area is 284 Å². The Morgan fingerprint density at radius 3 is 1.27 bits per heavy atom. The maximum Gasteiger partial charge on any atom is 0.338 e. The van der Waals surface area contributed by atoms with Crippen molar-refractivity contribution in [1.29, 1.82) is 0 Å². The highest BCUT2D eigenvalue weighted by Crippen LogP contribution is 2.35. The first-order valence-corrected chi connectivity index (χ1v) is 15.2. The van der Waals surface area contributed by atoms with Gasteiger partial charge in [0.15, 0.2) is 0 Å². The summed E-state index contributed by atoms with van der Waals surface area (Å²) in [5.74, 6) is -2.84. The van der Waals surface area contributed by atoms with Crippen molar-refractivity contribution in [3.63, 3.8) is 0 Å². The molecule has 4 rings (SSSR count). The van der Waals surface area contributed by atoms with E-state index in [2.05, 4.69) is 19.7 Å². The van der Waals surface area contributed by atoms with E-state index >= 15 is 4.39 Å². The van der Waals surface area contributed by atoms with Crippen LogP contribution < -0.4 is 18.9 Å². The molecule has 0 N–H and O–H groups in total. The van der Waals surface area contributed by atoms with Gasteiger partial charge in [-0.1, -0.05) is 70.0 Å². The summed E-state index contributed by atoms with van der Waals surface area (Å²) < 4.78 is 37.3. The van der Waals surface area contributed by atoms with E-state index in [1.54, 1.807) is 74.5 Å². The molecule has 9 heteroatoms. The molecule has 0 bridgehead atoms. The van der Waals surface area contributed by atoms with Gasteiger partial charge in [0.05, 0.1) is 5.92 Å². The molecule has 0 aromatic heterocycles. The fourth-order valence-corrected chi connectivity index (χ4v) is 4.30. The van der Waals surface area contributed by atoms with Gasteiger partial charge in [0.1, 0.15) is 28.8 Å². The number of hydrogen-bond donors (Lipinski definition) is 0. The minimum Gasteiger partial charge on any atom is -0.426 e. The first kappa shape index (κ1) is 35.8. The zero-order valence-corrected chi connectivity index (χ0v) is 27.8. The van der Waals surface area contributed by atoms with Crippen molar-refractivity contribution in [3.8, 4) is 56.4 Å². The zero-order valence-electron chi connectivity index (χ0n) is 27.8. The average molecular weight is 663 g/mol. The summed E-state index contributed by atoms with van der Waals surface area (Å²) in [5.41, 5.74) is 3.59. The quantitative estimate of drug-likeness (QED) is 0.0891. The highest BCUT2D eigenvalue weighted by molar-refractivity contribution is 5.91. The van der Waals surface area contributed by atoms with Crippen LogP contribution in [0.15, 0.2) is 115 Å². The maximum absolute atomic E-state index is 15.7. The normalized spacial score (nSPS) is 10.6. The number of hydrogen-bond acceptors (Lipinski definition) is 8. The number of carbonyl (C=O) groups is 4. The van der Waals surface area contributed by atoms with Crippen LogP contribution in [0.5, 0.6) is 23.0 Å². The third-order valence-electron chi connectivity index (χ3n) is 6.96. The molecule has 0 aliphatic rings.